The van der Waals surface area contributed by atoms with Gasteiger partial charge in [-0.25, -0.2) is 0 Å². The van der Waals surface area contributed by atoms with E-state index in [9.17, 15) is 5.11 Å². The third-order valence-corrected chi connectivity index (χ3v) is 3.49. The average molecular weight is 258 g/mol. The summed E-state index contributed by atoms with van der Waals surface area (Å²) in [7, 11) is 0. The van der Waals surface area contributed by atoms with Gasteiger partial charge in [0.25, 0.3) is 0 Å². The summed E-state index contributed by atoms with van der Waals surface area (Å²) in [4.78, 5) is 8.98. The molecule has 1 aromatic rings. The Hall–Kier alpha value is -1.48. The SMILES string of the molecule is Cc1nc(C2=CC=NCC2)c(C(C)(C)C)cc1CO. The summed E-state index contributed by atoms with van der Waals surface area (Å²) in [5, 5.41) is 9.43. The maximum atomic E-state index is 9.43. The topological polar surface area (TPSA) is 45.5 Å². The minimum absolute atomic E-state index is 0.00931. The van der Waals surface area contributed by atoms with E-state index in [1.54, 1.807) is 0 Å². The van der Waals surface area contributed by atoms with E-state index in [0.29, 0.717) is 0 Å². The van der Waals surface area contributed by atoms with Gasteiger partial charge in [0.15, 0.2) is 0 Å². The second-order valence-corrected chi connectivity index (χ2v) is 6.03. The van der Waals surface area contributed by atoms with Crippen molar-refractivity contribution < 1.29 is 5.11 Å². The normalized spacial score (nSPS) is 15.5. The maximum absolute atomic E-state index is 9.43. The lowest BCUT2D eigenvalue weighted by molar-refractivity contribution is 0.280. The van der Waals surface area contributed by atoms with E-state index in [-0.39, 0.29) is 12.0 Å². The van der Waals surface area contributed by atoms with E-state index in [1.165, 1.54) is 11.1 Å². The lowest BCUT2D eigenvalue weighted by Gasteiger charge is -2.25. The van der Waals surface area contributed by atoms with Crippen LogP contribution in [0.3, 0.4) is 0 Å². The van der Waals surface area contributed by atoms with Crippen LogP contribution >= 0.6 is 0 Å². The van der Waals surface area contributed by atoms with E-state index >= 15 is 0 Å². The van der Waals surface area contributed by atoms with Crippen molar-refractivity contribution in [2.75, 3.05) is 6.54 Å². The highest BCUT2D eigenvalue weighted by atomic mass is 16.3. The zero-order chi connectivity index (χ0) is 14.0. The first-order valence-electron chi connectivity index (χ1n) is 6.74. The van der Waals surface area contributed by atoms with Crippen LogP contribution in [0.15, 0.2) is 17.1 Å². The Morgan fingerprint density at radius 3 is 2.58 bits per heavy atom. The van der Waals surface area contributed by atoms with Gasteiger partial charge in [0.2, 0.25) is 0 Å². The number of allylic oxidation sites excluding steroid dienone is 1. The molecule has 3 heteroatoms. The van der Waals surface area contributed by atoms with Crippen LogP contribution in [0.5, 0.6) is 0 Å². The third-order valence-electron chi connectivity index (χ3n) is 3.49. The molecule has 0 fully saturated rings. The number of pyridine rings is 1. The smallest absolute Gasteiger partial charge is 0.0703 e. The molecule has 0 bridgehead atoms. The van der Waals surface area contributed by atoms with E-state index in [0.717, 1.165) is 29.9 Å². The van der Waals surface area contributed by atoms with Crippen LogP contribution in [0.1, 0.15) is 49.7 Å². The Morgan fingerprint density at radius 2 is 2.05 bits per heavy atom. The molecule has 2 heterocycles. The van der Waals surface area contributed by atoms with Gasteiger partial charge in [-0.15, -0.1) is 0 Å². The summed E-state index contributed by atoms with van der Waals surface area (Å²) in [6, 6.07) is 2.10. The number of nitrogens with zero attached hydrogens (tertiary/aromatic N) is 2. The predicted molar refractivity (Wildman–Crippen MR) is 79.5 cm³/mol. The fourth-order valence-electron chi connectivity index (χ4n) is 2.31. The highest BCUT2D eigenvalue weighted by Crippen LogP contribution is 2.32. The molecular formula is C16H22N2O. The third kappa shape index (κ3) is 2.92. The van der Waals surface area contributed by atoms with Crippen molar-refractivity contribution in [2.24, 2.45) is 4.99 Å². The molecule has 0 saturated heterocycles. The molecule has 2 rings (SSSR count). The average Bonchev–Trinajstić information content (AvgIpc) is 2.38. The van der Waals surface area contributed by atoms with Crippen molar-refractivity contribution in [3.8, 4) is 0 Å². The molecule has 102 valence electrons. The van der Waals surface area contributed by atoms with Crippen LogP contribution < -0.4 is 0 Å². The molecule has 0 atom stereocenters. The first kappa shape index (κ1) is 13.9. The van der Waals surface area contributed by atoms with Gasteiger partial charge >= 0.3 is 0 Å². The van der Waals surface area contributed by atoms with E-state index in [2.05, 4.69) is 37.9 Å². The fraction of sp³-hybridized carbons (Fsp3) is 0.500. The van der Waals surface area contributed by atoms with Crippen molar-refractivity contribution >= 4 is 11.8 Å². The highest BCUT2D eigenvalue weighted by Gasteiger charge is 2.23. The van der Waals surface area contributed by atoms with Gasteiger partial charge in [-0.05, 0) is 47.6 Å². The molecular weight excluding hydrogens is 236 g/mol. The Labute approximate surface area is 115 Å². The van der Waals surface area contributed by atoms with Crippen molar-refractivity contribution in [3.05, 3.63) is 34.7 Å². The summed E-state index contributed by atoms with van der Waals surface area (Å²) in [6.45, 7) is 9.38. The number of aliphatic hydroxyl groups excluding tert-OH is 1. The molecule has 0 aliphatic carbocycles. The second kappa shape index (κ2) is 5.25. The Bertz CT molecular complexity index is 536. The number of hydrogen-bond acceptors (Lipinski definition) is 3. The van der Waals surface area contributed by atoms with Gasteiger partial charge < -0.3 is 5.11 Å². The lowest BCUT2D eigenvalue weighted by atomic mass is 9.82. The van der Waals surface area contributed by atoms with Gasteiger partial charge in [-0.2, -0.15) is 0 Å². The lowest BCUT2D eigenvalue weighted by Crippen LogP contribution is -2.17. The first-order valence-corrected chi connectivity index (χ1v) is 6.74. The van der Waals surface area contributed by atoms with Gasteiger partial charge in [-0.1, -0.05) is 20.8 Å². The molecule has 1 aliphatic heterocycles. The molecule has 0 saturated carbocycles. The number of aryl methyl sites for hydroxylation is 1. The van der Waals surface area contributed by atoms with Crippen LogP contribution in [0.4, 0.5) is 0 Å². The van der Waals surface area contributed by atoms with Crippen LogP contribution in [-0.2, 0) is 12.0 Å². The Morgan fingerprint density at radius 1 is 1.32 bits per heavy atom. The molecule has 19 heavy (non-hydrogen) atoms. The van der Waals surface area contributed by atoms with Gasteiger partial charge in [0.05, 0.1) is 12.3 Å². The van der Waals surface area contributed by atoms with Crippen molar-refractivity contribution in [1.29, 1.82) is 0 Å². The Balaban J connectivity index is 2.61. The number of aliphatic hydroxyl groups is 1. The number of hydrogen-bond donors (Lipinski definition) is 1. The minimum Gasteiger partial charge on any atom is -0.392 e. The van der Waals surface area contributed by atoms with Crippen LogP contribution in [-0.4, -0.2) is 22.8 Å². The molecule has 0 aromatic carbocycles. The largest absolute Gasteiger partial charge is 0.392 e. The Kier molecular flexibility index (Phi) is 3.85. The summed E-state index contributed by atoms with van der Waals surface area (Å²) in [5.74, 6) is 0. The van der Waals surface area contributed by atoms with Crippen molar-refractivity contribution in [1.82, 2.24) is 4.98 Å². The molecule has 1 aromatic heterocycles. The standard InChI is InChI=1S/C16H22N2O/c1-11-13(10-19)9-14(16(2,3)4)15(18-11)12-5-7-17-8-6-12/h5,7,9,19H,6,8,10H2,1-4H3. The van der Waals surface area contributed by atoms with E-state index < -0.39 is 0 Å². The van der Waals surface area contributed by atoms with Gasteiger partial charge in [0, 0.05) is 18.5 Å². The quantitative estimate of drug-likeness (QED) is 0.886. The highest BCUT2D eigenvalue weighted by molar-refractivity contribution is 5.86. The summed E-state index contributed by atoms with van der Waals surface area (Å²) in [5.41, 5.74) is 5.34. The predicted octanol–water partition coefficient (Wildman–Crippen LogP) is 3.04. The molecule has 0 radical (unpaired) electrons. The zero-order valence-electron chi connectivity index (χ0n) is 12.2. The van der Waals surface area contributed by atoms with Crippen LogP contribution in [0.25, 0.3) is 5.57 Å². The summed E-state index contributed by atoms with van der Waals surface area (Å²) in [6.07, 6.45) is 4.85. The maximum Gasteiger partial charge on any atom is 0.0703 e. The molecule has 1 N–H and O–H groups in total. The summed E-state index contributed by atoms with van der Waals surface area (Å²) >= 11 is 0. The van der Waals surface area contributed by atoms with Crippen LogP contribution in [0.2, 0.25) is 0 Å². The second-order valence-electron chi connectivity index (χ2n) is 6.03. The van der Waals surface area contributed by atoms with Gasteiger partial charge in [0.1, 0.15) is 0 Å². The van der Waals surface area contributed by atoms with Crippen molar-refractivity contribution in [2.45, 2.75) is 46.1 Å². The molecule has 0 unspecified atom stereocenters. The van der Waals surface area contributed by atoms with E-state index in [1.807, 2.05) is 13.1 Å². The number of dihydropyridines is 1. The zero-order valence-corrected chi connectivity index (χ0v) is 12.2. The molecule has 1 aliphatic rings. The number of aromatic nitrogens is 1. The van der Waals surface area contributed by atoms with E-state index in [4.69, 9.17) is 4.98 Å². The number of rotatable bonds is 2. The molecule has 3 nitrogen and oxygen atoms in total. The van der Waals surface area contributed by atoms with Crippen LogP contribution in [0, 0.1) is 6.92 Å². The van der Waals surface area contributed by atoms with Gasteiger partial charge in [-0.3, -0.25) is 9.98 Å². The monoisotopic (exact) mass is 258 g/mol. The fourth-order valence-corrected chi connectivity index (χ4v) is 2.31. The first-order chi connectivity index (χ1) is 8.93. The molecule has 0 spiro atoms. The minimum atomic E-state index is 0.00931. The van der Waals surface area contributed by atoms with Crippen molar-refractivity contribution in [3.63, 3.8) is 0 Å². The summed E-state index contributed by atoms with van der Waals surface area (Å²) < 4.78 is 0. The number of aliphatic imine (C=N–C) groups is 1. The molecule has 0 amide bonds.